The van der Waals surface area contributed by atoms with Gasteiger partial charge in [0.15, 0.2) is 6.29 Å². The lowest BCUT2D eigenvalue weighted by atomic mass is 9.95. The maximum atomic E-state index is 10.3. The van der Waals surface area contributed by atoms with Gasteiger partial charge in [0.1, 0.15) is 30.5 Å². The van der Waals surface area contributed by atoms with Gasteiger partial charge in [-0.25, -0.2) is 0 Å². The molecule has 10 nitrogen and oxygen atoms in total. The monoisotopic (exact) mass is 371 g/mol. The molecule has 2 fully saturated rings. The molecule has 0 saturated carbocycles. The predicted molar refractivity (Wildman–Crippen MR) is 82.0 cm³/mol. The summed E-state index contributed by atoms with van der Waals surface area (Å²) in [6.07, 6.45) is -8.99. The molecule has 11 heteroatoms. The molecule has 2 heterocycles. The summed E-state index contributed by atoms with van der Waals surface area (Å²) in [6.45, 7) is -0.904. The van der Waals surface area contributed by atoms with E-state index in [1.165, 1.54) is 7.11 Å². The zero-order valence-corrected chi connectivity index (χ0v) is 13.9. The van der Waals surface area contributed by atoms with E-state index in [0.29, 0.717) is 0 Å². The second kappa shape index (κ2) is 8.56. The van der Waals surface area contributed by atoms with Crippen LogP contribution in [0.15, 0.2) is 0 Å². The summed E-state index contributed by atoms with van der Waals surface area (Å²) in [6, 6.07) is -0.967. The Kier molecular flexibility index (Phi) is 7.22. The van der Waals surface area contributed by atoms with Gasteiger partial charge in [-0.05, 0) is 0 Å². The molecule has 0 radical (unpaired) electrons. The lowest BCUT2D eigenvalue weighted by Gasteiger charge is -2.46. The molecular weight excluding hydrogens is 346 g/mol. The van der Waals surface area contributed by atoms with Crippen LogP contribution in [0.1, 0.15) is 0 Å². The predicted octanol–water partition coefficient (Wildman–Crippen LogP) is -4.45. The van der Waals surface area contributed by atoms with E-state index in [1.54, 1.807) is 0 Å². The zero-order valence-electron chi connectivity index (χ0n) is 13.0. The van der Waals surface area contributed by atoms with Gasteiger partial charge in [-0.1, -0.05) is 0 Å². The lowest BCUT2D eigenvalue weighted by molar-refractivity contribution is -0.273. The third-order valence-corrected chi connectivity index (χ3v) is 5.85. The van der Waals surface area contributed by atoms with Crippen molar-refractivity contribution in [2.45, 2.75) is 59.6 Å². The fourth-order valence-corrected chi connectivity index (χ4v) is 4.26. The van der Waals surface area contributed by atoms with Gasteiger partial charge < -0.3 is 45.2 Å². The molecule has 24 heavy (non-hydrogen) atoms. The molecule has 0 aromatic carbocycles. The van der Waals surface area contributed by atoms with Gasteiger partial charge in [0.2, 0.25) is 0 Å². The van der Waals surface area contributed by atoms with E-state index < -0.39 is 72.8 Å². The molecule has 0 spiro atoms. The van der Waals surface area contributed by atoms with Crippen LogP contribution in [-0.2, 0) is 9.47 Å². The fraction of sp³-hybridized carbons (Fsp3) is 1.00. The average Bonchev–Trinajstić information content (AvgIpc) is 2.59. The molecule has 0 unspecified atom stereocenters. The topological polar surface area (TPSA) is 172 Å². The minimum absolute atomic E-state index is 0.421. The molecule has 142 valence electrons. The zero-order chi connectivity index (χ0) is 18.0. The van der Waals surface area contributed by atoms with Gasteiger partial charge in [-0.15, -0.1) is 11.8 Å². The number of hydrogen-bond donors (Lipinski definition) is 8. The van der Waals surface area contributed by atoms with E-state index >= 15 is 0 Å². The van der Waals surface area contributed by atoms with Crippen molar-refractivity contribution < 1.29 is 45.2 Å². The van der Waals surface area contributed by atoms with Crippen LogP contribution in [0.4, 0.5) is 0 Å². The number of ether oxygens (including phenoxy) is 2. The molecule has 0 aromatic heterocycles. The summed E-state index contributed by atoms with van der Waals surface area (Å²) in [4.78, 5) is 0. The molecule has 0 bridgehead atoms. The number of aliphatic hydroxyl groups excluding tert-OH is 7. The molecule has 0 amide bonds. The third kappa shape index (κ3) is 3.86. The summed E-state index contributed by atoms with van der Waals surface area (Å²) in [5.41, 5.74) is 0. The SMILES string of the molecule is CO[C@H]1O[C@H](CO)[C@@H](N[C@H]2S[C@H](CO)[C@@H](O)[C@H](O)[C@H]2O)[C@H](O)[C@H]1O. The number of rotatable bonds is 5. The first-order valence-corrected chi connectivity index (χ1v) is 8.51. The van der Waals surface area contributed by atoms with Crippen LogP contribution in [0.25, 0.3) is 0 Å². The molecule has 8 N–H and O–H groups in total. The van der Waals surface area contributed by atoms with E-state index in [4.69, 9.17) is 9.47 Å². The van der Waals surface area contributed by atoms with Crippen molar-refractivity contribution in [3.05, 3.63) is 0 Å². The van der Waals surface area contributed by atoms with Crippen molar-refractivity contribution in [2.24, 2.45) is 0 Å². The van der Waals surface area contributed by atoms with Gasteiger partial charge >= 0.3 is 0 Å². The lowest BCUT2D eigenvalue weighted by Crippen LogP contribution is -2.68. The summed E-state index contributed by atoms with van der Waals surface area (Å²) in [7, 11) is 1.28. The number of methoxy groups -OCH3 is 1. The van der Waals surface area contributed by atoms with Crippen LogP contribution in [-0.4, -0.2) is 116 Å². The van der Waals surface area contributed by atoms with Crippen LogP contribution >= 0.6 is 11.8 Å². The van der Waals surface area contributed by atoms with E-state index in [0.717, 1.165) is 11.8 Å². The minimum atomic E-state index is -1.49. The van der Waals surface area contributed by atoms with E-state index in [1.807, 2.05) is 0 Å². The van der Waals surface area contributed by atoms with Crippen molar-refractivity contribution in [1.82, 2.24) is 5.32 Å². The number of nitrogens with one attached hydrogen (secondary N) is 1. The Hall–Kier alpha value is -0.0500. The highest BCUT2D eigenvalue weighted by Gasteiger charge is 2.49. The quantitative estimate of drug-likeness (QED) is 0.234. The highest BCUT2D eigenvalue weighted by atomic mass is 32.2. The van der Waals surface area contributed by atoms with Crippen molar-refractivity contribution in [1.29, 1.82) is 0 Å². The van der Waals surface area contributed by atoms with Gasteiger partial charge in [0, 0.05) is 7.11 Å². The van der Waals surface area contributed by atoms with Gasteiger partial charge in [0.25, 0.3) is 0 Å². The minimum Gasteiger partial charge on any atom is -0.395 e. The molecule has 2 aliphatic rings. The van der Waals surface area contributed by atoms with Crippen LogP contribution < -0.4 is 5.32 Å². The Morgan fingerprint density at radius 1 is 0.917 bits per heavy atom. The summed E-state index contributed by atoms with van der Waals surface area (Å²) < 4.78 is 10.3. The summed E-state index contributed by atoms with van der Waals surface area (Å²) >= 11 is 0.985. The highest BCUT2D eigenvalue weighted by Crippen LogP contribution is 2.33. The molecule has 2 aliphatic heterocycles. The Morgan fingerprint density at radius 3 is 2.12 bits per heavy atom. The first-order chi connectivity index (χ1) is 11.3. The molecule has 2 saturated heterocycles. The largest absolute Gasteiger partial charge is 0.395 e. The normalized spacial score (nSPS) is 50.0. The number of aliphatic hydroxyl groups is 7. The van der Waals surface area contributed by atoms with Gasteiger partial charge in [-0.3, -0.25) is 5.32 Å². The number of thioether (sulfide) groups is 1. The van der Waals surface area contributed by atoms with Gasteiger partial charge in [-0.2, -0.15) is 0 Å². The maximum Gasteiger partial charge on any atom is 0.186 e. The van der Waals surface area contributed by atoms with E-state index in [9.17, 15) is 35.7 Å². The van der Waals surface area contributed by atoms with Crippen LogP contribution in [0.2, 0.25) is 0 Å². The van der Waals surface area contributed by atoms with E-state index in [2.05, 4.69) is 5.32 Å². The first-order valence-electron chi connectivity index (χ1n) is 7.57. The molecule has 2 rings (SSSR count). The Balaban J connectivity index is 2.12. The molecule has 0 aromatic rings. The van der Waals surface area contributed by atoms with Crippen LogP contribution in [0.5, 0.6) is 0 Å². The Labute approximate surface area is 143 Å². The van der Waals surface area contributed by atoms with Gasteiger partial charge in [0.05, 0.1) is 36.0 Å². The summed E-state index contributed by atoms with van der Waals surface area (Å²) in [5, 5.41) is 70.0. The van der Waals surface area contributed by atoms with Crippen LogP contribution in [0.3, 0.4) is 0 Å². The summed E-state index contributed by atoms with van der Waals surface area (Å²) in [5.74, 6) is 0. The standard InChI is InChI=1S/C13H25NO9S/c1-22-13-11(21)8(18)6(4(2-15)23-13)14-12-10(20)9(19)7(17)5(3-16)24-12/h4-21H,2-3H2,1H3/t4-,5-,6-,7-,8+,9+,10-,11-,12+,13+/m1/s1. The first kappa shape index (κ1) is 20.3. The molecule has 10 atom stereocenters. The fourth-order valence-electron chi connectivity index (χ4n) is 2.92. The van der Waals surface area contributed by atoms with Crippen molar-refractivity contribution >= 4 is 11.8 Å². The number of hydrogen-bond acceptors (Lipinski definition) is 11. The maximum absolute atomic E-state index is 10.3. The highest BCUT2D eigenvalue weighted by molar-refractivity contribution is 8.00. The molecule has 0 aliphatic carbocycles. The van der Waals surface area contributed by atoms with Crippen LogP contribution in [0, 0.1) is 0 Å². The van der Waals surface area contributed by atoms with Crippen molar-refractivity contribution in [2.75, 3.05) is 20.3 Å². The second-order valence-electron chi connectivity index (χ2n) is 5.88. The Bertz CT molecular complexity index is 402. The average molecular weight is 371 g/mol. The Morgan fingerprint density at radius 2 is 1.58 bits per heavy atom. The smallest absolute Gasteiger partial charge is 0.186 e. The van der Waals surface area contributed by atoms with Crippen molar-refractivity contribution in [3.63, 3.8) is 0 Å². The van der Waals surface area contributed by atoms with E-state index in [-0.39, 0.29) is 0 Å². The third-order valence-electron chi connectivity index (χ3n) is 4.37. The van der Waals surface area contributed by atoms with Crippen molar-refractivity contribution in [3.8, 4) is 0 Å². The molecular formula is C13H25NO9S. The second-order valence-corrected chi connectivity index (χ2v) is 7.27.